The molecule has 2 rings (SSSR count). The molecule has 0 saturated heterocycles. The van der Waals surface area contributed by atoms with Crippen LogP contribution in [-0.4, -0.2) is 21.1 Å². The van der Waals surface area contributed by atoms with Gasteiger partial charge in [-0.2, -0.15) is 0 Å². The number of rotatable bonds is 5. The van der Waals surface area contributed by atoms with Crippen LogP contribution < -0.4 is 5.32 Å². The summed E-state index contributed by atoms with van der Waals surface area (Å²) in [5.74, 6) is -0.568. The van der Waals surface area contributed by atoms with Gasteiger partial charge in [0, 0.05) is 35.9 Å². The Morgan fingerprint density at radius 3 is 2.80 bits per heavy atom. The van der Waals surface area contributed by atoms with Crippen LogP contribution in [0.15, 0.2) is 42.7 Å². The van der Waals surface area contributed by atoms with Crippen molar-refractivity contribution < 1.29 is 4.79 Å². The highest BCUT2D eigenvalue weighted by Gasteiger charge is 2.27. The minimum absolute atomic E-state index is 0.568. The standard InChI is InChI=1S/C14H13Cl3N2O/c15-14(16,17)13(20)6-8-18-7-5-10-9-19-12-4-2-1-3-11(10)12/h1-4,6,8-9,18-19H,5,7H2. The first-order valence-electron chi connectivity index (χ1n) is 6.04. The molecule has 1 aromatic carbocycles. The Hall–Kier alpha value is -1.16. The lowest BCUT2D eigenvalue weighted by molar-refractivity contribution is -0.113. The Labute approximate surface area is 131 Å². The molecule has 3 nitrogen and oxygen atoms in total. The molecule has 106 valence electrons. The zero-order valence-corrected chi connectivity index (χ0v) is 12.8. The Morgan fingerprint density at radius 1 is 1.30 bits per heavy atom. The zero-order valence-electron chi connectivity index (χ0n) is 10.5. The van der Waals surface area contributed by atoms with Gasteiger partial charge in [-0.15, -0.1) is 0 Å². The third kappa shape index (κ3) is 3.92. The van der Waals surface area contributed by atoms with E-state index < -0.39 is 9.58 Å². The second-order valence-electron chi connectivity index (χ2n) is 4.26. The van der Waals surface area contributed by atoms with Gasteiger partial charge in [-0.25, -0.2) is 0 Å². The molecular weight excluding hydrogens is 319 g/mol. The van der Waals surface area contributed by atoms with Crippen LogP contribution in [0, 0.1) is 0 Å². The third-order valence-electron chi connectivity index (χ3n) is 2.85. The van der Waals surface area contributed by atoms with E-state index in [1.807, 2.05) is 24.4 Å². The van der Waals surface area contributed by atoms with Crippen molar-refractivity contribution >= 4 is 51.5 Å². The van der Waals surface area contributed by atoms with Gasteiger partial charge < -0.3 is 10.3 Å². The molecule has 1 heterocycles. The van der Waals surface area contributed by atoms with E-state index in [0.29, 0.717) is 6.54 Å². The summed E-state index contributed by atoms with van der Waals surface area (Å²) in [6, 6.07) is 8.10. The number of aromatic nitrogens is 1. The number of aromatic amines is 1. The van der Waals surface area contributed by atoms with Gasteiger partial charge in [0.25, 0.3) is 3.79 Å². The van der Waals surface area contributed by atoms with Crippen molar-refractivity contribution in [1.82, 2.24) is 10.3 Å². The molecule has 0 aliphatic rings. The normalized spacial score (nSPS) is 12.2. The molecule has 0 radical (unpaired) electrons. The number of carbonyl (C=O) groups is 1. The molecule has 2 N–H and O–H groups in total. The summed E-state index contributed by atoms with van der Waals surface area (Å²) in [6.45, 7) is 0.686. The maximum Gasteiger partial charge on any atom is 0.252 e. The van der Waals surface area contributed by atoms with Crippen LogP contribution in [0.2, 0.25) is 0 Å². The van der Waals surface area contributed by atoms with Crippen molar-refractivity contribution in [3.8, 4) is 0 Å². The van der Waals surface area contributed by atoms with Gasteiger partial charge in [-0.1, -0.05) is 53.0 Å². The predicted molar refractivity (Wildman–Crippen MR) is 84.4 cm³/mol. The Balaban J connectivity index is 1.85. The quantitative estimate of drug-likeness (QED) is 0.498. The van der Waals surface area contributed by atoms with Crippen LogP contribution >= 0.6 is 34.8 Å². The molecule has 20 heavy (non-hydrogen) atoms. The van der Waals surface area contributed by atoms with Crippen molar-refractivity contribution in [3.05, 3.63) is 48.3 Å². The van der Waals surface area contributed by atoms with Gasteiger partial charge in [0.2, 0.25) is 5.78 Å². The second kappa shape index (κ2) is 6.53. The lowest BCUT2D eigenvalue weighted by Gasteiger charge is -2.05. The van der Waals surface area contributed by atoms with E-state index in [0.717, 1.165) is 11.9 Å². The minimum Gasteiger partial charge on any atom is -0.390 e. The van der Waals surface area contributed by atoms with Gasteiger partial charge in [-0.3, -0.25) is 4.79 Å². The fourth-order valence-corrected chi connectivity index (χ4v) is 2.05. The summed E-state index contributed by atoms with van der Waals surface area (Å²) in [7, 11) is 0. The number of H-pyrrole nitrogens is 1. The molecule has 0 unspecified atom stereocenters. The molecule has 0 aliphatic carbocycles. The van der Waals surface area contributed by atoms with Crippen LogP contribution in [0.25, 0.3) is 10.9 Å². The fraction of sp³-hybridized carbons (Fsp3) is 0.214. The van der Waals surface area contributed by atoms with E-state index in [2.05, 4.69) is 16.4 Å². The number of fused-ring (bicyclic) bond motifs is 1. The largest absolute Gasteiger partial charge is 0.390 e. The van der Waals surface area contributed by atoms with Crippen molar-refractivity contribution in [2.24, 2.45) is 0 Å². The summed E-state index contributed by atoms with van der Waals surface area (Å²) < 4.78 is -1.89. The van der Waals surface area contributed by atoms with Crippen LogP contribution in [-0.2, 0) is 11.2 Å². The highest BCUT2D eigenvalue weighted by Crippen LogP contribution is 2.27. The van der Waals surface area contributed by atoms with E-state index in [4.69, 9.17) is 34.8 Å². The van der Waals surface area contributed by atoms with E-state index in [1.165, 1.54) is 23.2 Å². The van der Waals surface area contributed by atoms with Crippen LogP contribution in [0.5, 0.6) is 0 Å². The van der Waals surface area contributed by atoms with Crippen LogP contribution in [0.1, 0.15) is 5.56 Å². The number of nitrogens with one attached hydrogen (secondary N) is 2. The van der Waals surface area contributed by atoms with Gasteiger partial charge >= 0.3 is 0 Å². The monoisotopic (exact) mass is 330 g/mol. The molecule has 1 aromatic heterocycles. The molecule has 0 saturated carbocycles. The first-order valence-corrected chi connectivity index (χ1v) is 7.18. The third-order valence-corrected chi connectivity index (χ3v) is 3.40. The molecule has 0 fully saturated rings. The van der Waals surface area contributed by atoms with E-state index in [9.17, 15) is 4.79 Å². The van der Waals surface area contributed by atoms with Crippen molar-refractivity contribution in [2.75, 3.05) is 6.54 Å². The number of hydrogen-bond acceptors (Lipinski definition) is 2. The van der Waals surface area contributed by atoms with Crippen molar-refractivity contribution in [2.45, 2.75) is 10.2 Å². The Bertz CT molecular complexity index is 629. The van der Waals surface area contributed by atoms with Crippen molar-refractivity contribution in [1.29, 1.82) is 0 Å². The summed E-state index contributed by atoms with van der Waals surface area (Å²) in [5, 5.41) is 4.20. The van der Waals surface area contributed by atoms with E-state index >= 15 is 0 Å². The molecule has 6 heteroatoms. The second-order valence-corrected chi connectivity index (χ2v) is 6.54. The minimum atomic E-state index is -1.89. The number of para-hydroxylation sites is 1. The number of carbonyl (C=O) groups excluding carboxylic acids is 1. The molecule has 0 amide bonds. The first-order chi connectivity index (χ1) is 9.48. The molecule has 0 bridgehead atoms. The summed E-state index contributed by atoms with van der Waals surface area (Å²) in [4.78, 5) is 14.5. The lowest BCUT2D eigenvalue weighted by Crippen LogP contribution is -2.17. The summed E-state index contributed by atoms with van der Waals surface area (Å²) in [5.41, 5.74) is 2.33. The average molecular weight is 332 g/mol. The summed E-state index contributed by atoms with van der Waals surface area (Å²) in [6.07, 6.45) is 5.54. The van der Waals surface area contributed by atoms with Gasteiger partial charge in [0.15, 0.2) is 0 Å². The highest BCUT2D eigenvalue weighted by molar-refractivity contribution is 6.77. The number of halogens is 3. The molecule has 0 aliphatic heterocycles. The maximum atomic E-state index is 11.3. The molecule has 0 atom stereocenters. The van der Waals surface area contributed by atoms with Gasteiger partial charge in [0.05, 0.1) is 0 Å². The summed E-state index contributed by atoms with van der Waals surface area (Å²) >= 11 is 16.3. The van der Waals surface area contributed by atoms with E-state index in [1.54, 1.807) is 0 Å². The molecular formula is C14H13Cl3N2O. The predicted octanol–water partition coefficient (Wildman–Crippen LogP) is 3.75. The van der Waals surface area contributed by atoms with Gasteiger partial charge in [0.1, 0.15) is 0 Å². The lowest BCUT2D eigenvalue weighted by atomic mass is 10.1. The number of benzene rings is 1. The number of allylic oxidation sites excluding steroid dienone is 1. The van der Waals surface area contributed by atoms with Crippen LogP contribution in [0.3, 0.4) is 0 Å². The smallest absolute Gasteiger partial charge is 0.252 e. The highest BCUT2D eigenvalue weighted by atomic mass is 35.6. The van der Waals surface area contributed by atoms with Crippen molar-refractivity contribution in [3.63, 3.8) is 0 Å². The average Bonchev–Trinajstić information content (AvgIpc) is 2.80. The Morgan fingerprint density at radius 2 is 2.05 bits per heavy atom. The topological polar surface area (TPSA) is 44.9 Å². The molecule has 2 aromatic rings. The first kappa shape index (κ1) is 15.2. The zero-order chi connectivity index (χ0) is 14.6. The number of ketones is 1. The SMILES string of the molecule is O=C(C=CNCCc1c[nH]c2ccccc12)C(Cl)(Cl)Cl. The number of hydrogen-bond donors (Lipinski definition) is 2. The number of alkyl halides is 3. The maximum absolute atomic E-state index is 11.3. The Kier molecular flexibility index (Phi) is 4.97. The molecule has 0 spiro atoms. The van der Waals surface area contributed by atoms with Gasteiger partial charge in [-0.05, 0) is 18.1 Å². The van der Waals surface area contributed by atoms with E-state index in [-0.39, 0.29) is 0 Å². The van der Waals surface area contributed by atoms with Crippen LogP contribution in [0.4, 0.5) is 0 Å². The fourth-order valence-electron chi connectivity index (χ4n) is 1.86.